The number of carbonyl (C=O) groups excluding carboxylic acids is 1. The van der Waals surface area contributed by atoms with Gasteiger partial charge in [0.25, 0.3) is 0 Å². The topological polar surface area (TPSA) is 52.9 Å². The Labute approximate surface area is 131 Å². The third-order valence-corrected chi connectivity index (χ3v) is 3.64. The molecular formula is C19H20N2O. The third-order valence-electron chi connectivity index (χ3n) is 3.64. The third kappa shape index (κ3) is 4.46. The van der Waals surface area contributed by atoms with E-state index in [0.29, 0.717) is 12.0 Å². The Morgan fingerprint density at radius 3 is 2.59 bits per heavy atom. The SMILES string of the molecule is Cc1cccc(CCC(=O)NC(C)c2ccc(C#N)cc2)c1. The molecule has 0 saturated carbocycles. The number of nitriles is 1. The zero-order valence-electron chi connectivity index (χ0n) is 13.0. The molecule has 0 spiro atoms. The van der Waals surface area contributed by atoms with E-state index in [0.717, 1.165) is 12.0 Å². The number of nitrogens with one attached hydrogen (secondary N) is 1. The Hall–Kier alpha value is -2.60. The molecule has 0 fully saturated rings. The number of hydrogen-bond acceptors (Lipinski definition) is 2. The monoisotopic (exact) mass is 292 g/mol. The minimum Gasteiger partial charge on any atom is -0.350 e. The summed E-state index contributed by atoms with van der Waals surface area (Å²) < 4.78 is 0. The molecule has 0 bridgehead atoms. The Bertz CT molecular complexity index is 683. The van der Waals surface area contributed by atoms with Gasteiger partial charge in [-0.2, -0.15) is 5.26 Å². The van der Waals surface area contributed by atoms with Crippen molar-refractivity contribution in [1.29, 1.82) is 5.26 Å². The van der Waals surface area contributed by atoms with Gasteiger partial charge in [-0.25, -0.2) is 0 Å². The van der Waals surface area contributed by atoms with E-state index in [9.17, 15) is 4.79 Å². The first kappa shape index (κ1) is 15.8. The molecule has 2 rings (SSSR count). The average molecular weight is 292 g/mol. The molecule has 0 aliphatic rings. The van der Waals surface area contributed by atoms with Crippen molar-refractivity contribution in [3.8, 4) is 6.07 Å². The molecular weight excluding hydrogens is 272 g/mol. The van der Waals surface area contributed by atoms with Gasteiger partial charge in [-0.1, -0.05) is 42.0 Å². The molecule has 0 aromatic heterocycles. The lowest BCUT2D eigenvalue weighted by molar-refractivity contribution is -0.121. The molecule has 1 atom stereocenters. The second-order valence-electron chi connectivity index (χ2n) is 5.51. The van der Waals surface area contributed by atoms with Crippen LogP contribution in [0.1, 0.15) is 41.6 Å². The molecule has 0 radical (unpaired) electrons. The van der Waals surface area contributed by atoms with E-state index in [1.54, 1.807) is 12.1 Å². The van der Waals surface area contributed by atoms with Crippen molar-refractivity contribution in [2.45, 2.75) is 32.7 Å². The van der Waals surface area contributed by atoms with Gasteiger partial charge in [-0.05, 0) is 43.5 Å². The largest absolute Gasteiger partial charge is 0.350 e. The first-order valence-electron chi connectivity index (χ1n) is 7.43. The molecule has 1 N–H and O–H groups in total. The van der Waals surface area contributed by atoms with Crippen LogP contribution in [0.4, 0.5) is 0 Å². The number of amides is 1. The van der Waals surface area contributed by atoms with Crippen molar-refractivity contribution >= 4 is 5.91 Å². The molecule has 2 aromatic rings. The van der Waals surface area contributed by atoms with Crippen LogP contribution in [0.5, 0.6) is 0 Å². The lowest BCUT2D eigenvalue weighted by atomic mass is 10.0. The predicted octanol–water partition coefficient (Wildman–Crippen LogP) is 3.68. The van der Waals surface area contributed by atoms with E-state index in [2.05, 4.69) is 30.4 Å². The Balaban J connectivity index is 1.87. The van der Waals surface area contributed by atoms with Crippen LogP contribution in [0.25, 0.3) is 0 Å². The van der Waals surface area contributed by atoms with Crippen molar-refractivity contribution < 1.29 is 4.79 Å². The maximum absolute atomic E-state index is 12.0. The van der Waals surface area contributed by atoms with E-state index in [4.69, 9.17) is 5.26 Å². The van der Waals surface area contributed by atoms with Crippen LogP contribution in [-0.4, -0.2) is 5.91 Å². The molecule has 3 heteroatoms. The highest BCUT2D eigenvalue weighted by Crippen LogP contribution is 2.14. The minimum absolute atomic E-state index is 0.0402. The molecule has 112 valence electrons. The number of hydrogen-bond donors (Lipinski definition) is 1. The molecule has 0 saturated heterocycles. The number of rotatable bonds is 5. The van der Waals surface area contributed by atoms with Gasteiger partial charge in [-0.15, -0.1) is 0 Å². The van der Waals surface area contributed by atoms with Gasteiger partial charge >= 0.3 is 0 Å². The van der Waals surface area contributed by atoms with E-state index in [1.165, 1.54) is 11.1 Å². The molecule has 0 aliphatic heterocycles. The quantitative estimate of drug-likeness (QED) is 0.914. The normalized spacial score (nSPS) is 11.5. The Morgan fingerprint density at radius 2 is 1.95 bits per heavy atom. The standard InChI is InChI=1S/C19H20N2O/c1-14-4-3-5-16(12-14)8-11-19(22)21-15(2)18-9-6-17(13-20)7-10-18/h3-7,9-10,12,15H,8,11H2,1-2H3,(H,21,22). The molecule has 1 unspecified atom stereocenters. The first-order chi connectivity index (χ1) is 10.6. The lowest BCUT2D eigenvalue weighted by Gasteiger charge is -2.14. The van der Waals surface area contributed by atoms with Crippen LogP contribution in [0, 0.1) is 18.3 Å². The average Bonchev–Trinajstić information content (AvgIpc) is 2.53. The molecule has 0 aliphatic carbocycles. The van der Waals surface area contributed by atoms with Crippen LogP contribution in [0.3, 0.4) is 0 Å². The highest BCUT2D eigenvalue weighted by atomic mass is 16.1. The van der Waals surface area contributed by atoms with Crippen LogP contribution in [0.15, 0.2) is 48.5 Å². The summed E-state index contributed by atoms with van der Waals surface area (Å²) in [5, 5.41) is 11.8. The summed E-state index contributed by atoms with van der Waals surface area (Å²) in [5.41, 5.74) is 4.02. The fraction of sp³-hybridized carbons (Fsp3) is 0.263. The smallest absolute Gasteiger partial charge is 0.220 e. The number of aryl methyl sites for hydroxylation is 2. The van der Waals surface area contributed by atoms with E-state index < -0.39 is 0 Å². The molecule has 1 amide bonds. The van der Waals surface area contributed by atoms with Gasteiger partial charge in [0.1, 0.15) is 0 Å². The fourth-order valence-corrected chi connectivity index (χ4v) is 2.37. The molecule has 2 aromatic carbocycles. The van der Waals surface area contributed by atoms with Gasteiger partial charge in [-0.3, -0.25) is 4.79 Å². The van der Waals surface area contributed by atoms with Gasteiger partial charge in [0.05, 0.1) is 17.7 Å². The number of nitrogens with zero attached hydrogens (tertiary/aromatic N) is 1. The maximum atomic E-state index is 12.0. The van der Waals surface area contributed by atoms with Crippen molar-refractivity contribution in [3.63, 3.8) is 0 Å². The molecule has 0 heterocycles. The van der Waals surface area contributed by atoms with Crippen LogP contribution in [-0.2, 0) is 11.2 Å². The predicted molar refractivity (Wildman–Crippen MR) is 87.2 cm³/mol. The number of benzene rings is 2. The summed E-state index contributed by atoms with van der Waals surface area (Å²) in [4.78, 5) is 12.0. The number of carbonyl (C=O) groups is 1. The van der Waals surface area contributed by atoms with E-state index in [-0.39, 0.29) is 11.9 Å². The first-order valence-corrected chi connectivity index (χ1v) is 7.43. The molecule has 22 heavy (non-hydrogen) atoms. The lowest BCUT2D eigenvalue weighted by Crippen LogP contribution is -2.26. The van der Waals surface area contributed by atoms with Crippen LogP contribution in [0.2, 0.25) is 0 Å². The van der Waals surface area contributed by atoms with Crippen molar-refractivity contribution in [2.75, 3.05) is 0 Å². The fourth-order valence-electron chi connectivity index (χ4n) is 2.37. The summed E-state index contributed by atoms with van der Waals surface area (Å²) in [6, 6.07) is 17.5. The zero-order valence-corrected chi connectivity index (χ0v) is 13.0. The molecule has 3 nitrogen and oxygen atoms in total. The van der Waals surface area contributed by atoms with Crippen LogP contribution >= 0.6 is 0 Å². The minimum atomic E-state index is -0.0576. The van der Waals surface area contributed by atoms with Gasteiger partial charge in [0.2, 0.25) is 5.91 Å². The summed E-state index contributed by atoms with van der Waals surface area (Å²) >= 11 is 0. The zero-order chi connectivity index (χ0) is 15.9. The highest BCUT2D eigenvalue weighted by molar-refractivity contribution is 5.76. The Kier molecular flexibility index (Phi) is 5.32. The second kappa shape index (κ2) is 7.42. The Morgan fingerprint density at radius 1 is 1.23 bits per heavy atom. The van der Waals surface area contributed by atoms with Gasteiger partial charge < -0.3 is 5.32 Å². The van der Waals surface area contributed by atoms with Crippen molar-refractivity contribution in [1.82, 2.24) is 5.32 Å². The second-order valence-corrected chi connectivity index (χ2v) is 5.51. The highest BCUT2D eigenvalue weighted by Gasteiger charge is 2.09. The van der Waals surface area contributed by atoms with E-state index in [1.807, 2.05) is 31.2 Å². The van der Waals surface area contributed by atoms with Gasteiger partial charge in [0, 0.05) is 6.42 Å². The summed E-state index contributed by atoms with van der Waals surface area (Å²) in [6.45, 7) is 4.00. The van der Waals surface area contributed by atoms with E-state index >= 15 is 0 Å². The van der Waals surface area contributed by atoms with Crippen LogP contribution < -0.4 is 5.32 Å². The van der Waals surface area contributed by atoms with Crippen molar-refractivity contribution in [3.05, 3.63) is 70.8 Å². The van der Waals surface area contributed by atoms with Gasteiger partial charge in [0.15, 0.2) is 0 Å². The maximum Gasteiger partial charge on any atom is 0.220 e. The summed E-state index contributed by atoms with van der Waals surface area (Å²) in [6.07, 6.45) is 1.22. The summed E-state index contributed by atoms with van der Waals surface area (Å²) in [5.74, 6) is 0.0402. The van der Waals surface area contributed by atoms with Crippen molar-refractivity contribution in [2.24, 2.45) is 0 Å². The summed E-state index contributed by atoms with van der Waals surface area (Å²) in [7, 11) is 0.